The van der Waals surface area contributed by atoms with Crippen molar-refractivity contribution in [2.24, 2.45) is 5.73 Å². The van der Waals surface area contributed by atoms with Gasteiger partial charge in [0.2, 0.25) is 0 Å². The number of likely N-dealkylation sites (N-methyl/N-ethyl adjacent to an activating group) is 1. The summed E-state index contributed by atoms with van der Waals surface area (Å²) in [6.07, 6.45) is 0. The molecule has 0 aliphatic carbocycles. The topological polar surface area (TPSA) is 61.6 Å². The highest BCUT2D eigenvalue weighted by molar-refractivity contribution is 5.80. The van der Waals surface area contributed by atoms with Crippen LogP contribution in [0.3, 0.4) is 0 Å². The summed E-state index contributed by atoms with van der Waals surface area (Å²) in [5.41, 5.74) is 8.21. The predicted octanol–water partition coefficient (Wildman–Crippen LogP) is -1.39. The lowest BCUT2D eigenvalue weighted by molar-refractivity contribution is -0.127. The van der Waals surface area contributed by atoms with Gasteiger partial charge in [-0.3, -0.25) is 10.2 Å². The Morgan fingerprint density at radius 1 is 1.38 bits per heavy atom. The van der Waals surface area contributed by atoms with Crippen LogP contribution < -0.4 is 11.2 Å². The molecule has 1 amide bonds. The van der Waals surface area contributed by atoms with E-state index in [1.807, 2.05) is 5.01 Å². The molecule has 3 N–H and O–H groups in total. The van der Waals surface area contributed by atoms with Crippen LogP contribution in [0.2, 0.25) is 0 Å². The molecule has 0 aromatic rings. The lowest BCUT2D eigenvalue weighted by Crippen LogP contribution is -2.55. The smallest absolute Gasteiger partial charge is 0.250 e. The summed E-state index contributed by atoms with van der Waals surface area (Å²) in [4.78, 5) is 13.4. The second kappa shape index (κ2) is 4.55. The summed E-state index contributed by atoms with van der Waals surface area (Å²) >= 11 is 0. The Balaban J connectivity index is 2.26. The molecule has 1 unspecified atom stereocenters. The molecule has 5 heteroatoms. The third-order valence-electron chi connectivity index (χ3n) is 2.19. The molecule has 0 spiro atoms. The van der Waals surface area contributed by atoms with Crippen LogP contribution in [0.4, 0.5) is 0 Å². The number of nitrogens with two attached hydrogens (primary N) is 1. The predicted molar refractivity (Wildman–Crippen MR) is 50.9 cm³/mol. The Morgan fingerprint density at radius 2 is 1.92 bits per heavy atom. The summed E-state index contributed by atoms with van der Waals surface area (Å²) in [6.45, 7) is 5.40. The molecule has 1 fully saturated rings. The average molecular weight is 186 g/mol. The van der Waals surface area contributed by atoms with Gasteiger partial charge in [0.05, 0.1) is 6.04 Å². The van der Waals surface area contributed by atoms with E-state index in [4.69, 9.17) is 5.73 Å². The molecule has 5 nitrogen and oxygen atoms in total. The molecule has 0 aromatic heterocycles. The summed E-state index contributed by atoms with van der Waals surface area (Å²) in [6, 6.07) is -0.431. The Labute approximate surface area is 78.8 Å². The number of amides is 1. The summed E-state index contributed by atoms with van der Waals surface area (Å²) in [5, 5.41) is 1.92. The van der Waals surface area contributed by atoms with E-state index >= 15 is 0 Å². The van der Waals surface area contributed by atoms with Crippen LogP contribution in [-0.2, 0) is 4.79 Å². The SMILES string of the molecule is CC(N)C(=O)NN1CCN(C)CC1. The molecule has 1 rings (SSSR count). The number of piperazine rings is 1. The molecular weight excluding hydrogens is 168 g/mol. The molecule has 1 saturated heterocycles. The third-order valence-corrected chi connectivity index (χ3v) is 2.19. The van der Waals surface area contributed by atoms with Crippen molar-refractivity contribution in [3.63, 3.8) is 0 Å². The second-order valence-electron chi connectivity index (χ2n) is 3.56. The van der Waals surface area contributed by atoms with Crippen LogP contribution in [0.15, 0.2) is 0 Å². The van der Waals surface area contributed by atoms with Gasteiger partial charge in [-0.2, -0.15) is 0 Å². The molecule has 1 aliphatic heterocycles. The fourth-order valence-corrected chi connectivity index (χ4v) is 1.18. The van der Waals surface area contributed by atoms with Gasteiger partial charge < -0.3 is 10.6 Å². The Morgan fingerprint density at radius 3 is 2.38 bits per heavy atom. The van der Waals surface area contributed by atoms with Gasteiger partial charge in [-0.05, 0) is 14.0 Å². The quantitative estimate of drug-likeness (QED) is 0.557. The fraction of sp³-hybridized carbons (Fsp3) is 0.875. The Hall–Kier alpha value is -0.650. The van der Waals surface area contributed by atoms with Gasteiger partial charge in [-0.25, -0.2) is 5.01 Å². The molecule has 13 heavy (non-hydrogen) atoms. The van der Waals surface area contributed by atoms with Crippen molar-refractivity contribution in [2.75, 3.05) is 33.2 Å². The highest BCUT2D eigenvalue weighted by Gasteiger charge is 2.16. The molecule has 76 valence electrons. The lowest BCUT2D eigenvalue weighted by Gasteiger charge is -2.32. The van der Waals surface area contributed by atoms with Gasteiger partial charge in [0, 0.05) is 26.2 Å². The van der Waals surface area contributed by atoms with E-state index in [2.05, 4.69) is 17.4 Å². The largest absolute Gasteiger partial charge is 0.320 e. The first kappa shape index (κ1) is 10.4. The van der Waals surface area contributed by atoms with Crippen LogP contribution in [-0.4, -0.2) is 55.1 Å². The zero-order valence-corrected chi connectivity index (χ0v) is 8.29. The van der Waals surface area contributed by atoms with Crippen LogP contribution in [0, 0.1) is 0 Å². The van der Waals surface area contributed by atoms with Crippen LogP contribution in [0.5, 0.6) is 0 Å². The van der Waals surface area contributed by atoms with Gasteiger partial charge in [0.25, 0.3) is 5.91 Å². The summed E-state index contributed by atoms with van der Waals surface area (Å²) < 4.78 is 0. The van der Waals surface area contributed by atoms with E-state index in [1.165, 1.54) is 0 Å². The van der Waals surface area contributed by atoms with E-state index in [9.17, 15) is 4.79 Å². The minimum Gasteiger partial charge on any atom is -0.320 e. The van der Waals surface area contributed by atoms with Crippen molar-refractivity contribution in [3.05, 3.63) is 0 Å². The van der Waals surface area contributed by atoms with Crippen molar-refractivity contribution >= 4 is 5.91 Å². The number of hydrogen-bond acceptors (Lipinski definition) is 4. The van der Waals surface area contributed by atoms with E-state index in [1.54, 1.807) is 6.92 Å². The highest BCUT2D eigenvalue weighted by Crippen LogP contribution is 1.95. The number of rotatable bonds is 2. The van der Waals surface area contributed by atoms with E-state index in [-0.39, 0.29) is 5.91 Å². The maximum Gasteiger partial charge on any atom is 0.250 e. The van der Waals surface area contributed by atoms with Crippen LogP contribution >= 0.6 is 0 Å². The second-order valence-corrected chi connectivity index (χ2v) is 3.56. The average Bonchev–Trinajstić information content (AvgIpc) is 2.08. The molecular formula is C8H18N4O. The van der Waals surface area contributed by atoms with Crippen molar-refractivity contribution in [1.29, 1.82) is 0 Å². The van der Waals surface area contributed by atoms with E-state index in [0.717, 1.165) is 26.2 Å². The number of carbonyl (C=O) groups excluding carboxylic acids is 1. The molecule has 0 bridgehead atoms. The first-order valence-corrected chi connectivity index (χ1v) is 4.59. The van der Waals surface area contributed by atoms with E-state index < -0.39 is 6.04 Å². The van der Waals surface area contributed by atoms with Crippen molar-refractivity contribution in [1.82, 2.24) is 15.3 Å². The molecule has 0 aromatic carbocycles. The maximum absolute atomic E-state index is 11.2. The van der Waals surface area contributed by atoms with Crippen LogP contribution in [0.25, 0.3) is 0 Å². The van der Waals surface area contributed by atoms with Gasteiger partial charge in [-0.1, -0.05) is 0 Å². The molecule has 1 atom stereocenters. The number of carbonyl (C=O) groups is 1. The third kappa shape index (κ3) is 3.30. The zero-order valence-electron chi connectivity index (χ0n) is 8.29. The number of hydrogen-bond donors (Lipinski definition) is 2. The minimum atomic E-state index is -0.431. The maximum atomic E-state index is 11.2. The summed E-state index contributed by atoms with van der Waals surface area (Å²) in [7, 11) is 2.07. The van der Waals surface area contributed by atoms with Crippen molar-refractivity contribution < 1.29 is 4.79 Å². The summed E-state index contributed by atoms with van der Waals surface area (Å²) in [5.74, 6) is -0.107. The van der Waals surface area contributed by atoms with Crippen molar-refractivity contribution in [2.45, 2.75) is 13.0 Å². The normalized spacial score (nSPS) is 22.7. The fourth-order valence-electron chi connectivity index (χ4n) is 1.18. The zero-order chi connectivity index (χ0) is 9.84. The van der Waals surface area contributed by atoms with E-state index in [0.29, 0.717) is 0 Å². The first-order valence-electron chi connectivity index (χ1n) is 4.59. The molecule has 1 heterocycles. The van der Waals surface area contributed by atoms with Crippen LogP contribution in [0.1, 0.15) is 6.92 Å². The molecule has 0 saturated carbocycles. The molecule has 1 aliphatic rings. The van der Waals surface area contributed by atoms with Crippen molar-refractivity contribution in [3.8, 4) is 0 Å². The molecule has 0 radical (unpaired) electrons. The minimum absolute atomic E-state index is 0.107. The Kier molecular flexibility index (Phi) is 3.65. The van der Waals surface area contributed by atoms with Gasteiger partial charge >= 0.3 is 0 Å². The lowest BCUT2D eigenvalue weighted by atomic mass is 10.3. The highest BCUT2D eigenvalue weighted by atomic mass is 16.2. The first-order chi connectivity index (χ1) is 6.09. The Bertz CT molecular complexity index is 175. The van der Waals surface area contributed by atoms with Gasteiger partial charge in [0.1, 0.15) is 0 Å². The number of nitrogens with zero attached hydrogens (tertiary/aromatic N) is 2. The standard InChI is InChI=1S/C8H18N4O/c1-7(9)8(13)10-12-5-3-11(2)4-6-12/h7H,3-6,9H2,1-2H3,(H,10,13). The van der Waals surface area contributed by atoms with Gasteiger partial charge in [0.15, 0.2) is 0 Å². The number of nitrogens with one attached hydrogen (secondary N) is 1. The number of hydrazine groups is 1. The van der Waals surface area contributed by atoms with Gasteiger partial charge in [-0.15, -0.1) is 0 Å². The monoisotopic (exact) mass is 186 g/mol.